The Morgan fingerprint density at radius 3 is 2.88 bits per heavy atom. The van der Waals surface area contributed by atoms with Crippen LogP contribution < -0.4 is 10.1 Å². The molecular weight excluding hydrogens is 209 g/mol. The van der Waals surface area contributed by atoms with E-state index in [0.29, 0.717) is 11.4 Å². The van der Waals surface area contributed by atoms with Crippen molar-refractivity contribution >= 4 is 5.69 Å². The number of benzene rings is 1. The molecule has 0 saturated heterocycles. The molecule has 0 spiro atoms. The largest absolute Gasteiger partial charge is 0.497 e. The number of nitrogens with one attached hydrogen (secondary N) is 1. The summed E-state index contributed by atoms with van der Waals surface area (Å²) < 4.78 is 18.5. The number of halogens is 1. The second-order valence-electron chi connectivity index (χ2n) is 4.09. The summed E-state index contributed by atoms with van der Waals surface area (Å²) in [5.74, 6) is 0.288. The fourth-order valence-electron chi connectivity index (χ4n) is 2.05. The maximum absolute atomic E-state index is 13.5. The first-order chi connectivity index (χ1) is 7.70. The number of ether oxygens (including phenoxy) is 1. The maximum Gasteiger partial charge on any atom is 0.146 e. The number of hydrogen-bond donors (Lipinski definition) is 2. The van der Waals surface area contributed by atoms with E-state index >= 15 is 0 Å². The van der Waals surface area contributed by atoms with Crippen LogP contribution >= 0.6 is 0 Å². The highest BCUT2D eigenvalue weighted by atomic mass is 19.1. The van der Waals surface area contributed by atoms with E-state index in [1.165, 1.54) is 6.07 Å². The summed E-state index contributed by atoms with van der Waals surface area (Å²) in [6, 6.07) is 4.50. The number of methoxy groups -OCH3 is 1. The average molecular weight is 225 g/mol. The minimum Gasteiger partial charge on any atom is -0.497 e. The lowest BCUT2D eigenvalue weighted by molar-refractivity contribution is 0.171. The lowest BCUT2D eigenvalue weighted by atomic mass is 10.2. The summed E-state index contributed by atoms with van der Waals surface area (Å²) in [7, 11) is 1.54. The Morgan fingerprint density at radius 1 is 1.44 bits per heavy atom. The smallest absolute Gasteiger partial charge is 0.146 e. The summed E-state index contributed by atoms with van der Waals surface area (Å²) in [5.41, 5.74) is 0.394. The Balaban J connectivity index is 2.13. The Kier molecular flexibility index (Phi) is 3.29. The van der Waals surface area contributed by atoms with Gasteiger partial charge >= 0.3 is 0 Å². The SMILES string of the molecule is COc1ccc(F)c(N[C@@H]2CCC[C@H]2O)c1. The Hall–Kier alpha value is -1.29. The van der Waals surface area contributed by atoms with Crippen LogP contribution in [0, 0.1) is 5.82 Å². The molecule has 0 radical (unpaired) electrons. The van der Waals surface area contributed by atoms with Crippen molar-refractivity contribution in [1.29, 1.82) is 0 Å². The summed E-state index contributed by atoms with van der Waals surface area (Å²) in [6.07, 6.45) is 2.25. The van der Waals surface area contributed by atoms with Crippen LogP contribution in [-0.2, 0) is 0 Å². The topological polar surface area (TPSA) is 41.5 Å². The monoisotopic (exact) mass is 225 g/mol. The highest BCUT2D eigenvalue weighted by Crippen LogP contribution is 2.26. The van der Waals surface area contributed by atoms with Crippen LogP contribution in [-0.4, -0.2) is 24.4 Å². The van der Waals surface area contributed by atoms with Gasteiger partial charge in [-0.05, 0) is 31.4 Å². The minimum atomic E-state index is -0.384. The molecule has 88 valence electrons. The van der Waals surface area contributed by atoms with Crippen molar-refractivity contribution in [2.75, 3.05) is 12.4 Å². The van der Waals surface area contributed by atoms with Gasteiger partial charge in [0, 0.05) is 6.07 Å². The molecule has 0 aliphatic heterocycles. The molecule has 4 heteroatoms. The van der Waals surface area contributed by atoms with E-state index in [2.05, 4.69) is 5.32 Å². The van der Waals surface area contributed by atoms with Gasteiger partial charge in [0.05, 0.1) is 24.9 Å². The van der Waals surface area contributed by atoms with Crippen LogP contribution in [0.15, 0.2) is 18.2 Å². The normalized spacial score (nSPS) is 24.4. The number of rotatable bonds is 3. The van der Waals surface area contributed by atoms with Gasteiger partial charge in [0.1, 0.15) is 11.6 Å². The van der Waals surface area contributed by atoms with Gasteiger partial charge in [0.2, 0.25) is 0 Å². The Labute approximate surface area is 94.2 Å². The molecule has 3 nitrogen and oxygen atoms in total. The molecule has 1 aliphatic carbocycles. The van der Waals surface area contributed by atoms with Crippen molar-refractivity contribution < 1.29 is 14.2 Å². The van der Waals surface area contributed by atoms with Gasteiger partial charge in [0.25, 0.3) is 0 Å². The van der Waals surface area contributed by atoms with Gasteiger partial charge < -0.3 is 15.2 Å². The van der Waals surface area contributed by atoms with E-state index in [9.17, 15) is 9.50 Å². The van der Waals surface area contributed by atoms with Crippen molar-refractivity contribution in [3.05, 3.63) is 24.0 Å². The molecule has 0 unspecified atom stereocenters. The molecule has 2 N–H and O–H groups in total. The standard InChI is InChI=1S/C12H16FNO2/c1-16-8-5-6-9(13)11(7-8)14-10-3-2-4-12(10)15/h5-7,10,12,14-15H,2-4H2,1H3/t10-,12-/m1/s1. The van der Waals surface area contributed by atoms with Gasteiger partial charge in [0.15, 0.2) is 0 Å². The first-order valence-electron chi connectivity index (χ1n) is 5.49. The maximum atomic E-state index is 13.5. The molecule has 2 rings (SSSR count). The van der Waals surface area contributed by atoms with Crippen molar-refractivity contribution in [3.63, 3.8) is 0 Å². The predicted octanol–water partition coefficient (Wildman–Crippen LogP) is 2.16. The number of anilines is 1. The summed E-state index contributed by atoms with van der Waals surface area (Å²) in [5, 5.41) is 12.7. The molecule has 16 heavy (non-hydrogen) atoms. The molecule has 0 aromatic heterocycles. The zero-order chi connectivity index (χ0) is 11.5. The van der Waals surface area contributed by atoms with Crippen molar-refractivity contribution in [1.82, 2.24) is 0 Å². The quantitative estimate of drug-likeness (QED) is 0.828. The molecule has 2 atom stereocenters. The molecule has 1 aromatic rings. The van der Waals surface area contributed by atoms with Crippen LogP contribution in [0.4, 0.5) is 10.1 Å². The molecule has 1 saturated carbocycles. The van der Waals surface area contributed by atoms with Crippen LogP contribution in [0.5, 0.6) is 5.75 Å². The van der Waals surface area contributed by atoms with Crippen LogP contribution in [0.1, 0.15) is 19.3 Å². The highest BCUT2D eigenvalue weighted by Gasteiger charge is 2.25. The molecule has 0 bridgehead atoms. The van der Waals surface area contributed by atoms with E-state index in [4.69, 9.17) is 4.74 Å². The van der Waals surface area contributed by atoms with Crippen LogP contribution in [0.2, 0.25) is 0 Å². The van der Waals surface area contributed by atoms with Gasteiger partial charge in [-0.1, -0.05) is 0 Å². The second-order valence-corrected chi connectivity index (χ2v) is 4.09. The summed E-state index contributed by atoms with van der Waals surface area (Å²) in [6.45, 7) is 0. The third-order valence-corrected chi connectivity index (χ3v) is 2.99. The van der Waals surface area contributed by atoms with Gasteiger partial charge in [-0.3, -0.25) is 0 Å². The lowest BCUT2D eigenvalue weighted by Gasteiger charge is -2.18. The second kappa shape index (κ2) is 4.70. The van der Waals surface area contributed by atoms with Crippen molar-refractivity contribution in [3.8, 4) is 5.75 Å². The third-order valence-electron chi connectivity index (χ3n) is 2.99. The van der Waals surface area contributed by atoms with E-state index in [-0.39, 0.29) is 18.0 Å². The fraction of sp³-hybridized carbons (Fsp3) is 0.500. The first-order valence-corrected chi connectivity index (χ1v) is 5.49. The molecule has 0 heterocycles. The zero-order valence-corrected chi connectivity index (χ0v) is 9.24. The zero-order valence-electron chi connectivity index (χ0n) is 9.24. The molecule has 1 aliphatic rings. The van der Waals surface area contributed by atoms with E-state index in [1.54, 1.807) is 19.2 Å². The van der Waals surface area contributed by atoms with E-state index in [1.807, 2.05) is 0 Å². The summed E-state index contributed by atoms with van der Waals surface area (Å²) >= 11 is 0. The molecule has 1 fully saturated rings. The molecule has 0 amide bonds. The Morgan fingerprint density at radius 2 is 2.25 bits per heavy atom. The number of hydrogen-bond acceptors (Lipinski definition) is 3. The number of aliphatic hydroxyl groups is 1. The van der Waals surface area contributed by atoms with Crippen LogP contribution in [0.25, 0.3) is 0 Å². The minimum absolute atomic E-state index is 0.0541. The van der Waals surface area contributed by atoms with E-state index in [0.717, 1.165) is 19.3 Å². The molecular formula is C12H16FNO2. The van der Waals surface area contributed by atoms with E-state index < -0.39 is 0 Å². The summed E-state index contributed by atoms with van der Waals surface area (Å²) in [4.78, 5) is 0. The van der Waals surface area contributed by atoms with Gasteiger partial charge in [-0.2, -0.15) is 0 Å². The molecule has 1 aromatic carbocycles. The predicted molar refractivity (Wildman–Crippen MR) is 60.2 cm³/mol. The fourth-order valence-corrected chi connectivity index (χ4v) is 2.05. The van der Waals surface area contributed by atoms with Gasteiger partial charge in [-0.15, -0.1) is 0 Å². The third kappa shape index (κ3) is 2.27. The highest BCUT2D eigenvalue weighted by molar-refractivity contribution is 5.50. The van der Waals surface area contributed by atoms with Crippen LogP contribution in [0.3, 0.4) is 0 Å². The lowest BCUT2D eigenvalue weighted by Crippen LogP contribution is -2.28. The average Bonchev–Trinajstić information content (AvgIpc) is 2.68. The van der Waals surface area contributed by atoms with Crippen molar-refractivity contribution in [2.24, 2.45) is 0 Å². The Bertz CT molecular complexity index is 370. The van der Waals surface area contributed by atoms with Gasteiger partial charge in [-0.25, -0.2) is 4.39 Å². The van der Waals surface area contributed by atoms with Crippen molar-refractivity contribution in [2.45, 2.75) is 31.4 Å². The first kappa shape index (κ1) is 11.2. The number of aliphatic hydroxyl groups excluding tert-OH is 1.